The van der Waals surface area contributed by atoms with Crippen LogP contribution in [-0.2, 0) is 4.79 Å². The smallest absolute Gasteiger partial charge is 0.234 e. The van der Waals surface area contributed by atoms with Crippen molar-refractivity contribution in [2.45, 2.75) is 32.7 Å². The largest absolute Gasteiger partial charge is 0.493 e. The fourth-order valence-electron chi connectivity index (χ4n) is 1.84. The minimum Gasteiger partial charge on any atom is -0.493 e. The van der Waals surface area contributed by atoms with Gasteiger partial charge in [-0.15, -0.1) is 0 Å². The normalized spacial score (nSPS) is 11.9. The number of rotatable bonds is 9. The second-order valence-electron chi connectivity index (χ2n) is 4.70. The first-order valence-electron chi connectivity index (χ1n) is 6.88. The van der Waals surface area contributed by atoms with Gasteiger partial charge in [-0.25, -0.2) is 0 Å². The summed E-state index contributed by atoms with van der Waals surface area (Å²) in [4.78, 5) is 11.3. The van der Waals surface area contributed by atoms with E-state index in [1.807, 2.05) is 32.0 Å². The van der Waals surface area contributed by atoms with Crippen LogP contribution >= 0.6 is 0 Å². The Morgan fingerprint density at radius 3 is 2.75 bits per heavy atom. The molecule has 1 rings (SSSR count). The third kappa shape index (κ3) is 5.09. The van der Waals surface area contributed by atoms with Crippen molar-refractivity contribution >= 4 is 5.91 Å². The van der Waals surface area contributed by atoms with Crippen LogP contribution in [0.2, 0.25) is 0 Å². The van der Waals surface area contributed by atoms with Crippen LogP contribution in [-0.4, -0.2) is 32.2 Å². The lowest BCUT2D eigenvalue weighted by Gasteiger charge is -2.16. The Labute approximate surface area is 120 Å². The third-order valence-electron chi connectivity index (χ3n) is 2.97. The van der Waals surface area contributed by atoms with E-state index in [4.69, 9.17) is 15.2 Å². The molecule has 0 heterocycles. The predicted octanol–water partition coefficient (Wildman–Crippen LogP) is 1.63. The average molecular weight is 280 g/mol. The molecule has 5 nitrogen and oxygen atoms in total. The molecule has 0 aliphatic carbocycles. The lowest BCUT2D eigenvalue weighted by atomic mass is 10.2. The van der Waals surface area contributed by atoms with Gasteiger partial charge in [0, 0.05) is 6.42 Å². The number of nitrogens with one attached hydrogen (secondary N) is 1. The lowest BCUT2D eigenvalue weighted by Crippen LogP contribution is -2.42. The number of aryl methyl sites for hydroxylation is 1. The van der Waals surface area contributed by atoms with Crippen molar-refractivity contribution in [3.05, 3.63) is 23.8 Å². The number of methoxy groups -OCH3 is 1. The van der Waals surface area contributed by atoms with Gasteiger partial charge in [0.2, 0.25) is 5.91 Å². The molecule has 0 aliphatic rings. The van der Waals surface area contributed by atoms with Gasteiger partial charge < -0.3 is 20.5 Å². The highest BCUT2D eigenvalue weighted by molar-refractivity contribution is 5.79. The molecule has 1 aromatic carbocycles. The third-order valence-corrected chi connectivity index (χ3v) is 2.97. The van der Waals surface area contributed by atoms with Gasteiger partial charge in [0.1, 0.15) is 0 Å². The van der Waals surface area contributed by atoms with E-state index in [2.05, 4.69) is 5.32 Å². The highest BCUT2D eigenvalue weighted by Gasteiger charge is 2.14. The molecule has 0 spiro atoms. The van der Waals surface area contributed by atoms with Crippen LogP contribution in [0.5, 0.6) is 11.5 Å². The van der Waals surface area contributed by atoms with Crippen molar-refractivity contribution in [2.24, 2.45) is 5.73 Å². The Bertz CT molecular complexity index is 435. The molecular weight excluding hydrogens is 256 g/mol. The topological polar surface area (TPSA) is 73.6 Å². The minimum absolute atomic E-state index is 0.349. The van der Waals surface area contributed by atoms with Crippen molar-refractivity contribution in [1.29, 1.82) is 0 Å². The average Bonchev–Trinajstić information content (AvgIpc) is 2.43. The number of carbonyl (C=O) groups excluding carboxylic acids is 1. The number of carbonyl (C=O) groups is 1. The molecule has 20 heavy (non-hydrogen) atoms. The summed E-state index contributed by atoms with van der Waals surface area (Å²) in [6.07, 6.45) is 1.49. The lowest BCUT2D eigenvalue weighted by molar-refractivity contribution is -0.120. The van der Waals surface area contributed by atoms with Crippen molar-refractivity contribution in [3.63, 3.8) is 0 Å². The van der Waals surface area contributed by atoms with Gasteiger partial charge >= 0.3 is 0 Å². The monoisotopic (exact) mass is 280 g/mol. The summed E-state index contributed by atoms with van der Waals surface area (Å²) in [6.45, 7) is 5.20. The molecule has 0 radical (unpaired) electrons. The predicted molar refractivity (Wildman–Crippen MR) is 79.1 cm³/mol. The number of ether oxygens (including phenoxy) is 2. The molecule has 1 atom stereocenters. The second kappa shape index (κ2) is 8.43. The van der Waals surface area contributed by atoms with Gasteiger partial charge in [0.25, 0.3) is 0 Å². The van der Waals surface area contributed by atoms with Gasteiger partial charge in [-0.1, -0.05) is 13.0 Å². The molecule has 0 saturated carbocycles. The van der Waals surface area contributed by atoms with E-state index >= 15 is 0 Å². The summed E-state index contributed by atoms with van der Waals surface area (Å²) in [5, 5.41) is 3.11. The molecule has 112 valence electrons. The number of amides is 1. The maximum atomic E-state index is 11.3. The van der Waals surface area contributed by atoms with E-state index in [0.29, 0.717) is 24.5 Å². The highest BCUT2D eigenvalue weighted by atomic mass is 16.5. The molecule has 0 aliphatic heterocycles. The molecular formula is C15H24N2O3. The summed E-state index contributed by atoms with van der Waals surface area (Å²) < 4.78 is 10.9. The zero-order valence-corrected chi connectivity index (χ0v) is 12.4. The van der Waals surface area contributed by atoms with Crippen LogP contribution in [0, 0.1) is 6.92 Å². The van der Waals surface area contributed by atoms with Gasteiger partial charge in [-0.3, -0.25) is 4.79 Å². The zero-order valence-electron chi connectivity index (χ0n) is 12.4. The fourth-order valence-corrected chi connectivity index (χ4v) is 1.84. The summed E-state index contributed by atoms with van der Waals surface area (Å²) in [6, 6.07) is 5.38. The molecule has 3 N–H and O–H groups in total. The Kier molecular flexibility index (Phi) is 6.87. The molecule has 1 aromatic rings. The van der Waals surface area contributed by atoms with Gasteiger partial charge in [0.15, 0.2) is 11.5 Å². The first-order valence-corrected chi connectivity index (χ1v) is 6.88. The first kappa shape index (κ1) is 16.3. The summed E-state index contributed by atoms with van der Waals surface area (Å²) >= 11 is 0. The van der Waals surface area contributed by atoms with Crippen LogP contribution in [0.15, 0.2) is 18.2 Å². The highest BCUT2D eigenvalue weighted by Crippen LogP contribution is 2.27. The van der Waals surface area contributed by atoms with Crippen molar-refractivity contribution in [2.75, 3.05) is 20.3 Å². The minimum atomic E-state index is -0.355. The van der Waals surface area contributed by atoms with E-state index in [-0.39, 0.29) is 11.9 Å². The van der Waals surface area contributed by atoms with Crippen molar-refractivity contribution in [1.82, 2.24) is 5.32 Å². The fraction of sp³-hybridized carbons (Fsp3) is 0.533. The quantitative estimate of drug-likeness (QED) is 0.721. The molecule has 0 bridgehead atoms. The van der Waals surface area contributed by atoms with Gasteiger partial charge in [-0.05, 0) is 37.6 Å². The molecule has 0 saturated heterocycles. The van der Waals surface area contributed by atoms with Crippen LogP contribution in [0.3, 0.4) is 0 Å². The van der Waals surface area contributed by atoms with Gasteiger partial charge in [0.05, 0.1) is 19.8 Å². The Morgan fingerprint density at radius 2 is 2.15 bits per heavy atom. The maximum absolute atomic E-state index is 11.3. The second-order valence-corrected chi connectivity index (χ2v) is 4.70. The van der Waals surface area contributed by atoms with E-state index in [0.717, 1.165) is 18.5 Å². The number of primary amides is 1. The van der Waals surface area contributed by atoms with E-state index < -0.39 is 0 Å². The number of hydrogen-bond donors (Lipinski definition) is 2. The zero-order chi connectivity index (χ0) is 15.0. The number of hydrogen-bond acceptors (Lipinski definition) is 4. The Morgan fingerprint density at radius 1 is 1.40 bits per heavy atom. The maximum Gasteiger partial charge on any atom is 0.234 e. The van der Waals surface area contributed by atoms with Crippen LogP contribution in [0.1, 0.15) is 25.3 Å². The van der Waals surface area contributed by atoms with Crippen molar-refractivity contribution in [3.8, 4) is 11.5 Å². The standard InChI is InChI=1S/C15H24N2O3/c1-4-8-17-12(15(16)18)7-9-20-13-6-5-11(2)10-14(13)19-3/h5-6,10,12,17H,4,7-9H2,1-3H3,(H2,16,18). The van der Waals surface area contributed by atoms with Crippen LogP contribution in [0.25, 0.3) is 0 Å². The molecule has 0 aromatic heterocycles. The molecule has 0 fully saturated rings. The summed E-state index contributed by atoms with van der Waals surface area (Å²) in [5.74, 6) is 1.02. The number of nitrogens with two attached hydrogens (primary N) is 1. The van der Waals surface area contributed by atoms with Crippen molar-refractivity contribution < 1.29 is 14.3 Å². The van der Waals surface area contributed by atoms with E-state index in [1.54, 1.807) is 7.11 Å². The molecule has 1 amide bonds. The number of benzene rings is 1. The summed E-state index contributed by atoms with van der Waals surface area (Å²) in [5.41, 5.74) is 6.46. The summed E-state index contributed by atoms with van der Waals surface area (Å²) in [7, 11) is 1.61. The Hall–Kier alpha value is -1.75. The Balaban J connectivity index is 2.52. The van der Waals surface area contributed by atoms with E-state index in [9.17, 15) is 4.79 Å². The molecule has 5 heteroatoms. The first-order chi connectivity index (χ1) is 9.58. The van der Waals surface area contributed by atoms with Crippen LogP contribution in [0.4, 0.5) is 0 Å². The van der Waals surface area contributed by atoms with Crippen LogP contribution < -0.4 is 20.5 Å². The molecule has 1 unspecified atom stereocenters. The van der Waals surface area contributed by atoms with E-state index in [1.165, 1.54) is 0 Å². The van der Waals surface area contributed by atoms with Gasteiger partial charge in [-0.2, -0.15) is 0 Å². The SMILES string of the molecule is CCCNC(CCOc1ccc(C)cc1OC)C(N)=O.